The third-order valence-electron chi connectivity index (χ3n) is 4.63. The molecule has 0 saturated heterocycles. The molecule has 6 nitrogen and oxygen atoms in total. The van der Waals surface area contributed by atoms with E-state index in [1.807, 2.05) is 13.0 Å². The lowest BCUT2D eigenvalue weighted by atomic mass is 10.2. The van der Waals surface area contributed by atoms with Gasteiger partial charge >= 0.3 is 5.97 Å². The molecule has 0 bridgehead atoms. The molecule has 0 amide bonds. The highest BCUT2D eigenvalue weighted by molar-refractivity contribution is 5.92. The largest absolute Gasteiger partial charge is 0.488 e. The van der Waals surface area contributed by atoms with Crippen molar-refractivity contribution < 1.29 is 18.7 Å². The molecule has 0 spiro atoms. The SMILES string of the molecule is Cc1ccc2nc(COC(=O)c3ccccc3OCc3ccc(F)cc3)cc(=O)n2c1. The number of aryl methyl sites for hydroxylation is 1. The standard InChI is InChI=1S/C24H19FN2O4/c1-16-6-11-22-26-19(12-23(28)27(22)13-16)15-31-24(29)20-4-2-3-5-21(20)30-14-17-7-9-18(25)10-8-17/h2-13H,14-15H2,1H3. The number of halogens is 1. The van der Waals surface area contributed by atoms with Crippen LogP contribution in [0.25, 0.3) is 5.65 Å². The zero-order chi connectivity index (χ0) is 21.8. The van der Waals surface area contributed by atoms with Crippen molar-refractivity contribution in [2.45, 2.75) is 20.1 Å². The number of ether oxygens (including phenoxy) is 2. The van der Waals surface area contributed by atoms with Crippen molar-refractivity contribution in [3.63, 3.8) is 0 Å². The first-order valence-corrected chi connectivity index (χ1v) is 9.62. The lowest BCUT2D eigenvalue weighted by Crippen LogP contribution is -2.17. The number of fused-ring (bicyclic) bond motifs is 1. The van der Waals surface area contributed by atoms with Crippen LogP contribution in [0.3, 0.4) is 0 Å². The molecule has 156 valence electrons. The number of carbonyl (C=O) groups excluding carboxylic acids is 1. The maximum atomic E-state index is 13.0. The van der Waals surface area contributed by atoms with Crippen molar-refractivity contribution in [2.75, 3.05) is 0 Å². The van der Waals surface area contributed by atoms with E-state index in [2.05, 4.69) is 4.98 Å². The molecule has 0 fully saturated rings. The van der Waals surface area contributed by atoms with Gasteiger partial charge in [-0.2, -0.15) is 0 Å². The van der Waals surface area contributed by atoms with Crippen LogP contribution >= 0.6 is 0 Å². The molecule has 0 saturated carbocycles. The van der Waals surface area contributed by atoms with Gasteiger partial charge in [-0.1, -0.05) is 30.3 Å². The Morgan fingerprint density at radius 3 is 2.61 bits per heavy atom. The molecule has 4 rings (SSSR count). The van der Waals surface area contributed by atoms with Crippen LogP contribution < -0.4 is 10.3 Å². The summed E-state index contributed by atoms with van der Waals surface area (Å²) in [6.45, 7) is 1.91. The Kier molecular flexibility index (Phi) is 5.75. The lowest BCUT2D eigenvalue weighted by Gasteiger charge is -2.11. The van der Waals surface area contributed by atoms with Crippen LogP contribution in [-0.4, -0.2) is 15.4 Å². The molecule has 0 N–H and O–H groups in total. The minimum Gasteiger partial charge on any atom is -0.488 e. The molecule has 0 atom stereocenters. The van der Waals surface area contributed by atoms with Gasteiger partial charge in [0.1, 0.15) is 36.0 Å². The monoisotopic (exact) mass is 418 g/mol. The highest BCUT2D eigenvalue weighted by Gasteiger charge is 2.15. The van der Waals surface area contributed by atoms with Crippen LogP contribution in [0.1, 0.15) is 27.2 Å². The van der Waals surface area contributed by atoms with Crippen molar-refractivity contribution >= 4 is 11.6 Å². The fourth-order valence-electron chi connectivity index (χ4n) is 3.05. The Labute approximate surface area is 177 Å². The normalized spacial score (nSPS) is 10.8. The van der Waals surface area contributed by atoms with Gasteiger partial charge in [0.25, 0.3) is 5.56 Å². The molecule has 2 heterocycles. The molecular formula is C24H19FN2O4. The summed E-state index contributed by atoms with van der Waals surface area (Å²) in [7, 11) is 0. The second-order valence-electron chi connectivity index (χ2n) is 7.01. The summed E-state index contributed by atoms with van der Waals surface area (Å²) in [5.74, 6) is -0.579. The quantitative estimate of drug-likeness (QED) is 0.442. The summed E-state index contributed by atoms with van der Waals surface area (Å²) < 4.78 is 25.6. The van der Waals surface area contributed by atoms with Gasteiger partial charge in [-0.05, 0) is 48.4 Å². The van der Waals surface area contributed by atoms with E-state index in [0.29, 0.717) is 17.1 Å². The minimum absolute atomic E-state index is 0.148. The molecule has 2 aromatic carbocycles. The number of hydrogen-bond acceptors (Lipinski definition) is 5. The molecule has 0 aliphatic heterocycles. The zero-order valence-corrected chi connectivity index (χ0v) is 16.7. The number of pyridine rings is 1. The molecule has 4 aromatic rings. The minimum atomic E-state index is -0.597. The summed E-state index contributed by atoms with van der Waals surface area (Å²) in [5.41, 5.74) is 2.54. The number of aromatic nitrogens is 2. The van der Waals surface area contributed by atoms with Crippen LogP contribution in [0.5, 0.6) is 5.75 Å². The summed E-state index contributed by atoms with van der Waals surface area (Å²) in [4.78, 5) is 29.3. The van der Waals surface area contributed by atoms with Gasteiger partial charge in [0, 0.05) is 12.3 Å². The van der Waals surface area contributed by atoms with Gasteiger partial charge in [-0.15, -0.1) is 0 Å². The van der Waals surface area contributed by atoms with Crippen molar-refractivity contribution in [3.05, 3.63) is 111 Å². The van der Waals surface area contributed by atoms with Crippen molar-refractivity contribution in [1.29, 1.82) is 0 Å². The average molecular weight is 418 g/mol. The van der Waals surface area contributed by atoms with E-state index in [0.717, 1.165) is 11.1 Å². The maximum Gasteiger partial charge on any atom is 0.342 e. The second kappa shape index (κ2) is 8.79. The van der Waals surface area contributed by atoms with Crippen LogP contribution in [-0.2, 0) is 18.0 Å². The topological polar surface area (TPSA) is 69.9 Å². The lowest BCUT2D eigenvalue weighted by molar-refractivity contribution is 0.0462. The van der Waals surface area contributed by atoms with E-state index >= 15 is 0 Å². The maximum absolute atomic E-state index is 13.0. The number of para-hydroxylation sites is 1. The fourth-order valence-corrected chi connectivity index (χ4v) is 3.05. The first-order valence-electron chi connectivity index (χ1n) is 9.62. The van der Waals surface area contributed by atoms with E-state index in [-0.39, 0.29) is 30.2 Å². The summed E-state index contributed by atoms with van der Waals surface area (Å²) >= 11 is 0. The number of rotatable bonds is 6. The first-order chi connectivity index (χ1) is 15.0. The van der Waals surface area contributed by atoms with Crippen LogP contribution in [0.2, 0.25) is 0 Å². The summed E-state index contributed by atoms with van der Waals surface area (Å²) in [6, 6.07) is 17.5. The average Bonchev–Trinajstić information content (AvgIpc) is 2.78. The zero-order valence-electron chi connectivity index (χ0n) is 16.7. The Morgan fingerprint density at radius 1 is 1.03 bits per heavy atom. The molecular weight excluding hydrogens is 399 g/mol. The molecule has 0 aliphatic rings. The molecule has 7 heteroatoms. The van der Waals surface area contributed by atoms with Gasteiger partial charge in [0.2, 0.25) is 0 Å². The van der Waals surface area contributed by atoms with Crippen molar-refractivity contribution in [3.8, 4) is 5.75 Å². The smallest absolute Gasteiger partial charge is 0.342 e. The number of hydrogen-bond donors (Lipinski definition) is 0. The predicted octanol–water partition coefficient (Wildman–Crippen LogP) is 4.08. The Hall–Kier alpha value is -4.00. The molecule has 0 unspecified atom stereocenters. The predicted molar refractivity (Wildman–Crippen MR) is 112 cm³/mol. The summed E-state index contributed by atoms with van der Waals surface area (Å²) in [5, 5.41) is 0. The van der Waals surface area contributed by atoms with E-state index in [4.69, 9.17) is 9.47 Å². The van der Waals surface area contributed by atoms with Gasteiger partial charge in [-0.3, -0.25) is 9.20 Å². The third-order valence-corrected chi connectivity index (χ3v) is 4.63. The number of benzene rings is 2. The Balaban J connectivity index is 1.46. The van der Waals surface area contributed by atoms with Crippen LogP contribution in [0.15, 0.2) is 77.7 Å². The Bertz CT molecular complexity index is 1300. The van der Waals surface area contributed by atoms with Gasteiger partial charge in [0.05, 0.1) is 5.69 Å². The molecule has 31 heavy (non-hydrogen) atoms. The highest BCUT2D eigenvalue weighted by atomic mass is 19.1. The van der Waals surface area contributed by atoms with E-state index < -0.39 is 5.97 Å². The fraction of sp³-hybridized carbons (Fsp3) is 0.125. The van der Waals surface area contributed by atoms with E-state index in [9.17, 15) is 14.0 Å². The molecule has 0 radical (unpaired) electrons. The van der Waals surface area contributed by atoms with Crippen LogP contribution in [0.4, 0.5) is 4.39 Å². The van der Waals surface area contributed by atoms with E-state index in [1.165, 1.54) is 22.6 Å². The third kappa shape index (κ3) is 4.78. The van der Waals surface area contributed by atoms with Gasteiger partial charge < -0.3 is 9.47 Å². The number of esters is 1. The van der Waals surface area contributed by atoms with Crippen molar-refractivity contribution in [1.82, 2.24) is 9.38 Å². The molecule has 0 aliphatic carbocycles. The first kappa shape index (κ1) is 20.3. The number of carbonyl (C=O) groups is 1. The molecule has 2 aromatic heterocycles. The van der Waals surface area contributed by atoms with Crippen molar-refractivity contribution in [2.24, 2.45) is 0 Å². The van der Waals surface area contributed by atoms with Gasteiger partial charge in [-0.25, -0.2) is 14.2 Å². The highest BCUT2D eigenvalue weighted by Crippen LogP contribution is 2.21. The summed E-state index contributed by atoms with van der Waals surface area (Å²) in [6.07, 6.45) is 1.70. The Morgan fingerprint density at radius 2 is 1.81 bits per heavy atom. The number of nitrogens with zero attached hydrogens (tertiary/aromatic N) is 2. The van der Waals surface area contributed by atoms with E-state index in [1.54, 1.807) is 48.7 Å². The van der Waals surface area contributed by atoms with Crippen LogP contribution in [0, 0.1) is 12.7 Å². The second-order valence-corrected chi connectivity index (χ2v) is 7.01. The van der Waals surface area contributed by atoms with Gasteiger partial charge in [0.15, 0.2) is 0 Å².